The first-order chi connectivity index (χ1) is 15.8. The molecule has 0 radical (unpaired) electrons. The van der Waals surface area contributed by atoms with E-state index in [1.54, 1.807) is 24.3 Å². The zero-order valence-corrected chi connectivity index (χ0v) is 19.4. The summed E-state index contributed by atoms with van der Waals surface area (Å²) in [6, 6.07) is 4.86. The Morgan fingerprint density at radius 2 is 1.82 bits per heavy atom. The molecule has 1 aliphatic rings. The number of nitrogens with zero attached hydrogens (tertiary/aromatic N) is 1. The fraction of sp³-hybridized carbons (Fsp3) is 0.545. The lowest BCUT2D eigenvalue weighted by molar-refractivity contribution is -0.149. The maximum absolute atomic E-state index is 13.2. The van der Waals surface area contributed by atoms with Crippen molar-refractivity contribution in [2.75, 3.05) is 25.2 Å². The highest BCUT2D eigenvalue weighted by atomic mass is 32.2. The second-order valence-electron chi connectivity index (χ2n) is 7.91. The molecule has 1 heterocycles. The molecule has 1 saturated heterocycles. The van der Waals surface area contributed by atoms with Crippen molar-refractivity contribution in [1.29, 1.82) is 0 Å². The van der Waals surface area contributed by atoms with E-state index in [9.17, 15) is 29.4 Å². The third-order valence-electron chi connectivity index (χ3n) is 5.50. The standard InChI is InChI=1S/C22H32N4O6S/c1-33-11-9-15(23)19(28)25-17(13-27)20(29)24-16(12-14-6-3-2-4-7-14)21(30)26-10-5-8-18(26)22(31)32/h2-4,6-7,15-18,27H,5,8-13,23H2,1H3,(H,24,29)(H,25,28)(H,31,32). The van der Waals surface area contributed by atoms with Crippen molar-refractivity contribution in [3.63, 3.8) is 0 Å². The first-order valence-electron chi connectivity index (χ1n) is 10.8. The van der Waals surface area contributed by atoms with Gasteiger partial charge in [-0.1, -0.05) is 30.3 Å². The van der Waals surface area contributed by atoms with Gasteiger partial charge in [0.2, 0.25) is 17.7 Å². The van der Waals surface area contributed by atoms with E-state index in [1.807, 2.05) is 12.3 Å². The Labute approximate surface area is 197 Å². The van der Waals surface area contributed by atoms with Crippen LogP contribution in [0.5, 0.6) is 0 Å². The van der Waals surface area contributed by atoms with E-state index in [0.717, 1.165) is 5.56 Å². The predicted octanol–water partition coefficient (Wildman–Crippen LogP) is -0.653. The highest BCUT2D eigenvalue weighted by Gasteiger charge is 2.38. The average molecular weight is 481 g/mol. The van der Waals surface area contributed by atoms with E-state index in [0.29, 0.717) is 25.0 Å². The number of amides is 3. The minimum atomic E-state index is -1.29. The number of carbonyl (C=O) groups is 4. The molecule has 0 saturated carbocycles. The number of aliphatic hydroxyl groups excluding tert-OH is 1. The van der Waals surface area contributed by atoms with Crippen LogP contribution in [-0.2, 0) is 25.6 Å². The zero-order chi connectivity index (χ0) is 24.4. The van der Waals surface area contributed by atoms with E-state index >= 15 is 0 Å². The number of thioether (sulfide) groups is 1. The molecule has 4 unspecified atom stereocenters. The summed E-state index contributed by atoms with van der Waals surface area (Å²) in [5.74, 6) is -2.26. The second kappa shape index (κ2) is 13.2. The summed E-state index contributed by atoms with van der Waals surface area (Å²) in [7, 11) is 0. The lowest BCUT2D eigenvalue weighted by Crippen LogP contribution is -2.58. The number of hydrogen-bond donors (Lipinski definition) is 5. The van der Waals surface area contributed by atoms with Crippen LogP contribution in [0.1, 0.15) is 24.8 Å². The van der Waals surface area contributed by atoms with Gasteiger partial charge in [0.25, 0.3) is 0 Å². The highest BCUT2D eigenvalue weighted by molar-refractivity contribution is 7.98. The first kappa shape index (κ1) is 26.6. The Balaban J connectivity index is 2.15. The summed E-state index contributed by atoms with van der Waals surface area (Å²) >= 11 is 1.53. The molecule has 11 heteroatoms. The van der Waals surface area contributed by atoms with E-state index in [1.165, 1.54) is 16.7 Å². The van der Waals surface area contributed by atoms with Gasteiger partial charge in [-0.25, -0.2) is 4.79 Å². The van der Waals surface area contributed by atoms with E-state index in [2.05, 4.69) is 10.6 Å². The minimum Gasteiger partial charge on any atom is -0.480 e. The Kier molecular flexibility index (Phi) is 10.6. The van der Waals surface area contributed by atoms with Gasteiger partial charge < -0.3 is 31.5 Å². The predicted molar refractivity (Wildman–Crippen MR) is 124 cm³/mol. The van der Waals surface area contributed by atoms with Gasteiger partial charge in [-0.05, 0) is 36.8 Å². The van der Waals surface area contributed by atoms with Crippen molar-refractivity contribution < 1.29 is 29.4 Å². The number of aliphatic hydroxyl groups is 1. The number of likely N-dealkylation sites (tertiary alicyclic amines) is 1. The lowest BCUT2D eigenvalue weighted by Gasteiger charge is -2.28. The maximum atomic E-state index is 13.2. The molecule has 1 aliphatic heterocycles. The van der Waals surface area contributed by atoms with Crippen molar-refractivity contribution in [3.8, 4) is 0 Å². The molecule has 2 rings (SSSR count). The lowest BCUT2D eigenvalue weighted by atomic mass is 10.0. The van der Waals surface area contributed by atoms with E-state index < -0.39 is 54.5 Å². The molecule has 33 heavy (non-hydrogen) atoms. The number of carboxylic acid groups (broad SMARTS) is 1. The minimum absolute atomic E-state index is 0.133. The number of benzene rings is 1. The van der Waals surface area contributed by atoms with Crippen LogP contribution in [0.3, 0.4) is 0 Å². The quantitative estimate of drug-likeness (QED) is 0.263. The molecule has 6 N–H and O–H groups in total. The monoisotopic (exact) mass is 480 g/mol. The Morgan fingerprint density at radius 1 is 1.15 bits per heavy atom. The fourth-order valence-electron chi connectivity index (χ4n) is 3.66. The van der Waals surface area contributed by atoms with Crippen molar-refractivity contribution in [2.24, 2.45) is 5.73 Å². The van der Waals surface area contributed by atoms with Crippen LogP contribution >= 0.6 is 11.8 Å². The van der Waals surface area contributed by atoms with Gasteiger partial charge in [0.15, 0.2) is 0 Å². The summed E-state index contributed by atoms with van der Waals surface area (Å²) in [5.41, 5.74) is 6.60. The van der Waals surface area contributed by atoms with Crippen LogP contribution < -0.4 is 16.4 Å². The van der Waals surface area contributed by atoms with Crippen LogP contribution in [0.15, 0.2) is 30.3 Å². The number of carboxylic acids is 1. The Hall–Kier alpha value is -2.63. The number of aliphatic carboxylic acids is 1. The van der Waals surface area contributed by atoms with Gasteiger partial charge in [-0.2, -0.15) is 11.8 Å². The number of rotatable bonds is 12. The Morgan fingerprint density at radius 3 is 2.42 bits per heavy atom. The maximum Gasteiger partial charge on any atom is 0.326 e. The van der Waals surface area contributed by atoms with Crippen LogP contribution in [0.4, 0.5) is 0 Å². The third kappa shape index (κ3) is 7.72. The van der Waals surface area contributed by atoms with E-state index in [4.69, 9.17) is 5.73 Å². The summed E-state index contributed by atoms with van der Waals surface area (Å²) in [5, 5.41) is 24.2. The van der Waals surface area contributed by atoms with Crippen molar-refractivity contribution >= 4 is 35.5 Å². The molecule has 182 valence electrons. The van der Waals surface area contributed by atoms with Crippen LogP contribution in [0.2, 0.25) is 0 Å². The Bertz CT molecular complexity index is 824. The van der Waals surface area contributed by atoms with Crippen LogP contribution in [0, 0.1) is 0 Å². The topological polar surface area (TPSA) is 162 Å². The normalized spacial score (nSPS) is 18.3. The molecule has 3 amide bonds. The molecule has 1 fully saturated rings. The molecule has 10 nitrogen and oxygen atoms in total. The smallest absolute Gasteiger partial charge is 0.326 e. The molecule has 0 aromatic heterocycles. The summed E-state index contributed by atoms with van der Waals surface area (Å²) < 4.78 is 0. The first-order valence-corrected chi connectivity index (χ1v) is 12.2. The van der Waals surface area contributed by atoms with Gasteiger partial charge in [0.1, 0.15) is 18.1 Å². The molecular weight excluding hydrogens is 448 g/mol. The zero-order valence-electron chi connectivity index (χ0n) is 18.6. The van der Waals surface area contributed by atoms with Gasteiger partial charge >= 0.3 is 5.97 Å². The molecular formula is C22H32N4O6S. The molecule has 4 atom stereocenters. The van der Waals surface area contributed by atoms with Crippen molar-refractivity contribution in [2.45, 2.75) is 49.9 Å². The van der Waals surface area contributed by atoms with Crippen molar-refractivity contribution in [1.82, 2.24) is 15.5 Å². The summed E-state index contributed by atoms with van der Waals surface area (Å²) in [6.45, 7) is -0.401. The summed E-state index contributed by atoms with van der Waals surface area (Å²) in [4.78, 5) is 51.2. The van der Waals surface area contributed by atoms with Crippen LogP contribution in [0.25, 0.3) is 0 Å². The molecule has 1 aromatic carbocycles. The number of nitrogens with two attached hydrogens (primary N) is 1. The number of carbonyl (C=O) groups excluding carboxylic acids is 3. The van der Waals surface area contributed by atoms with Crippen molar-refractivity contribution in [3.05, 3.63) is 35.9 Å². The fourth-order valence-corrected chi connectivity index (χ4v) is 4.15. The SMILES string of the molecule is CSCCC(N)C(=O)NC(CO)C(=O)NC(Cc1ccccc1)C(=O)N1CCCC1C(=O)O. The van der Waals surface area contributed by atoms with E-state index in [-0.39, 0.29) is 13.0 Å². The average Bonchev–Trinajstić information content (AvgIpc) is 3.30. The van der Waals surface area contributed by atoms with Gasteiger partial charge in [-0.15, -0.1) is 0 Å². The molecule has 1 aromatic rings. The van der Waals surface area contributed by atoms with Crippen LogP contribution in [-0.4, -0.2) is 88.1 Å². The molecule has 0 aliphatic carbocycles. The third-order valence-corrected chi connectivity index (χ3v) is 6.15. The van der Waals surface area contributed by atoms with Gasteiger partial charge in [0.05, 0.1) is 12.6 Å². The number of nitrogens with one attached hydrogen (secondary N) is 2. The molecule has 0 spiro atoms. The highest BCUT2D eigenvalue weighted by Crippen LogP contribution is 2.19. The molecule has 0 bridgehead atoms. The van der Waals surface area contributed by atoms with Gasteiger partial charge in [-0.3, -0.25) is 14.4 Å². The number of hydrogen-bond acceptors (Lipinski definition) is 7. The summed E-state index contributed by atoms with van der Waals surface area (Å²) in [6.07, 6.45) is 3.32. The largest absolute Gasteiger partial charge is 0.480 e. The second-order valence-corrected chi connectivity index (χ2v) is 8.90. The van der Waals surface area contributed by atoms with Gasteiger partial charge in [0, 0.05) is 13.0 Å².